The Labute approximate surface area is 325 Å². The molecule has 0 radical (unpaired) electrons. The first-order valence-corrected chi connectivity index (χ1v) is 21.6. The van der Waals surface area contributed by atoms with Gasteiger partial charge < -0.3 is 58.9 Å². The summed E-state index contributed by atoms with van der Waals surface area (Å²) >= 11 is 2.64. The number of carbonyl (C=O) groups excluding carboxylic acids is 4. The second-order valence-corrected chi connectivity index (χ2v) is 9.15. The third kappa shape index (κ3) is 12.0. The Hall–Kier alpha value is -4.05. The molecule has 274 valence electrons. The third-order valence-corrected chi connectivity index (χ3v) is 6.47. The molecule has 24 heteroatoms. The molecule has 4 aromatic rings. The number of nitrogens with zero attached hydrogens (tertiary/aromatic N) is 2. The Bertz CT molecular complexity index is 1790. The van der Waals surface area contributed by atoms with Crippen LogP contribution < -0.4 is 11.5 Å². The number of nitrogens with two attached hydrogens (primary N) is 2. The van der Waals surface area contributed by atoms with Gasteiger partial charge in [-0.25, -0.2) is 0 Å². The monoisotopic (exact) mass is 774 g/mol. The average Bonchev–Trinajstić information content (AvgIpc) is 3.03. The second kappa shape index (κ2) is 25.0. The number of nitro benzene ring substituents is 2. The topological polar surface area (TPSA) is 468 Å². The van der Waals surface area contributed by atoms with Gasteiger partial charge in [-0.05, 0) is 48.5 Å². The normalized spacial score (nSPS) is 10.3. The number of nitro groups is 2. The van der Waals surface area contributed by atoms with Crippen LogP contribution in [0.2, 0.25) is 0 Å². The van der Waals surface area contributed by atoms with Crippen molar-refractivity contribution in [2.45, 2.75) is 0 Å². The molecule has 6 rings (SSSR count). The van der Waals surface area contributed by atoms with Crippen LogP contribution in [0.5, 0.6) is 0 Å². The third-order valence-electron chi connectivity index (χ3n) is 6.47. The fourth-order valence-electron chi connectivity index (χ4n) is 4.54. The molecule has 20 N–H and O–H groups in total. The van der Waals surface area contributed by atoms with Crippen molar-refractivity contribution in [1.29, 1.82) is 0 Å². The maximum absolute atomic E-state index is 12.4. The van der Waals surface area contributed by atoms with Crippen molar-refractivity contribution >= 4 is 102 Å². The molecule has 0 aliphatic heterocycles. The van der Waals surface area contributed by atoms with Gasteiger partial charge in [-0.3, -0.25) is 39.4 Å². The zero-order valence-corrected chi connectivity index (χ0v) is 31.9. The van der Waals surface area contributed by atoms with Crippen LogP contribution in [-0.4, -0.2) is 124 Å². The second-order valence-electron chi connectivity index (χ2n) is 8.98. The molecule has 0 saturated heterocycles. The molecule has 0 bridgehead atoms. The zero-order valence-electron chi connectivity index (χ0n) is 27.0. The molecule has 2 aliphatic rings. The molecule has 0 atom stereocenters. The van der Waals surface area contributed by atoms with E-state index in [4.69, 9.17) is 20.6 Å². The van der Waals surface area contributed by atoms with Crippen LogP contribution in [0, 0.1) is 20.2 Å². The summed E-state index contributed by atoms with van der Waals surface area (Å²) in [5.41, 5.74) is 12.9. The van der Waals surface area contributed by atoms with Crippen molar-refractivity contribution in [2.24, 2.45) is 0 Å². The molecule has 0 heterocycles. The van der Waals surface area contributed by atoms with Gasteiger partial charge in [0.25, 0.3) is 11.4 Å². The number of non-ortho nitro benzene ring substituents is 2. The van der Waals surface area contributed by atoms with Crippen molar-refractivity contribution in [3.63, 3.8) is 0 Å². The molecule has 0 amide bonds. The minimum atomic E-state index is -0.680. The van der Waals surface area contributed by atoms with Gasteiger partial charge in [0.1, 0.15) is 0 Å². The van der Waals surface area contributed by atoms with Gasteiger partial charge >= 0.3 is 43.6 Å². The Morgan fingerprint density at radius 1 is 0.462 bits per heavy atom. The molecule has 52 heavy (non-hydrogen) atoms. The van der Waals surface area contributed by atoms with Crippen LogP contribution >= 0.6 is 12.3 Å². The van der Waals surface area contributed by atoms with Crippen LogP contribution in [0.3, 0.4) is 0 Å². The van der Waals surface area contributed by atoms with Crippen molar-refractivity contribution < 1.29 is 76.5 Å². The van der Waals surface area contributed by atoms with Crippen molar-refractivity contribution in [3.8, 4) is 0 Å². The Morgan fingerprint density at radius 3 is 0.923 bits per heavy atom. The van der Waals surface area contributed by atoms with E-state index >= 15 is 0 Å². The maximum atomic E-state index is 12.4. The molecule has 0 aromatic heterocycles. The summed E-state index contributed by atoms with van der Waals surface area (Å²) in [6, 6.07) is 16.2. The van der Waals surface area contributed by atoms with Crippen molar-refractivity contribution in [2.75, 3.05) is 11.5 Å². The summed E-state index contributed by atoms with van der Waals surface area (Å²) in [5.74, 6) is -1.51. The first kappa shape index (κ1) is 57.3. The first-order valence-electron chi connectivity index (χ1n) is 12.9. The van der Waals surface area contributed by atoms with E-state index in [9.17, 15) is 39.4 Å². The predicted molar refractivity (Wildman–Crippen MR) is 191 cm³/mol. The van der Waals surface area contributed by atoms with E-state index in [1.54, 1.807) is 24.3 Å². The van der Waals surface area contributed by atoms with E-state index in [-0.39, 0.29) is 95.9 Å². The van der Waals surface area contributed by atoms with Gasteiger partial charge in [0.05, 0.1) is 9.85 Å². The number of anilines is 2. The number of ketones is 4. The predicted octanol–water partition coefficient (Wildman–Crippen LogP) is -1.96. The van der Waals surface area contributed by atoms with Gasteiger partial charge in [-0.1, -0.05) is 0 Å². The van der Waals surface area contributed by atoms with Crippen LogP contribution in [0.15, 0.2) is 72.8 Å². The summed E-state index contributed by atoms with van der Waals surface area (Å²) < 4.78 is 14.1. The number of carbonyl (C=O) groups is 4. The molecule has 4 aromatic carbocycles. The molecule has 0 fully saturated rings. The number of rotatable bonds is 2. The van der Waals surface area contributed by atoms with Crippen LogP contribution in [0.1, 0.15) is 63.7 Å². The molecule has 21 nitrogen and oxygen atoms in total. The van der Waals surface area contributed by atoms with E-state index in [1.807, 2.05) is 0 Å². The summed E-state index contributed by atoms with van der Waals surface area (Å²) in [4.78, 5) is 69.5. The van der Waals surface area contributed by atoms with E-state index in [0.717, 1.165) is 24.3 Å². The van der Waals surface area contributed by atoms with Crippen molar-refractivity contribution in [3.05, 3.63) is 138 Å². The summed E-state index contributed by atoms with van der Waals surface area (Å²) in [5, 5.41) is 21.6. The molecule has 0 unspecified atom stereocenters. The number of nitrogen functional groups attached to an aromatic ring is 2. The van der Waals surface area contributed by atoms with Gasteiger partial charge in [0, 0.05) is 80.1 Å². The average molecular weight is 775 g/mol. The first-order chi connectivity index (χ1) is 21.4. The molecule has 2 aliphatic carbocycles. The van der Waals surface area contributed by atoms with E-state index in [2.05, 4.69) is 0 Å². The number of hydrogen-bond acceptors (Lipinski definition) is 13. The van der Waals surface area contributed by atoms with Crippen molar-refractivity contribution in [1.82, 2.24) is 0 Å². The van der Waals surface area contributed by atoms with E-state index in [0.29, 0.717) is 33.6 Å². The van der Waals surface area contributed by atoms with E-state index < -0.39 is 21.4 Å². The number of fused-ring (bicyclic) bond motifs is 4. The fraction of sp³-hybridized carbons (Fsp3) is 0. The fourth-order valence-corrected chi connectivity index (χ4v) is 4.54. The molecular formula is C28H32N4Na2O17S. The SMILES string of the molecule is Nc1ccc2c(c1)C(=O)c1cc(N)ccc1C2=O.O.O.O.O.O.O.O.O=C1c2ccc([N+](=O)[O-])cc2C(=O)c2cc([N+](=O)[O-])ccc21.OSO.[Na][Na]. The van der Waals surface area contributed by atoms with Crippen LogP contribution in [-0.2, 0) is 0 Å². The molecular weight excluding hydrogens is 742 g/mol. The zero-order chi connectivity index (χ0) is 33.6. The Morgan fingerprint density at radius 2 is 0.673 bits per heavy atom. The van der Waals surface area contributed by atoms with E-state index in [1.165, 1.54) is 67.9 Å². The summed E-state index contributed by atoms with van der Waals surface area (Å²) in [6.45, 7) is 0. The molecule has 0 saturated carbocycles. The molecule has 0 spiro atoms. The van der Waals surface area contributed by atoms with Gasteiger partial charge in [-0.2, -0.15) is 0 Å². The number of hydrogen-bond donors (Lipinski definition) is 4. The minimum absolute atomic E-state index is 0. The number of benzene rings is 4. The van der Waals surface area contributed by atoms with Gasteiger partial charge in [-0.15, -0.1) is 0 Å². The Kier molecular flexibility index (Phi) is 27.6. The Balaban J connectivity index is -0.000000227. The van der Waals surface area contributed by atoms with Gasteiger partial charge in [0.15, 0.2) is 35.5 Å². The van der Waals surface area contributed by atoms with Gasteiger partial charge in [0.2, 0.25) is 0 Å². The summed E-state index contributed by atoms with van der Waals surface area (Å²) in [7, 11) is 0. The van der Waals surface area contributed by atoms with Crippen LogP contribution in [0.25, 0.3) is 0 Å². The van der Waals surface area contributed by atoms with Crippen LogP contribution in [0.4, 0.5) is 22.7 Å². The quantitative estimate of drug-likeness (QED) is 0.0488. The summed E-state index contributed by atoms with van der Waals surface area (Å²) in [6.07, 6.45) is 0. The standard InChI is InChI=1S/C14H6N2O6.C14H10N2O2.2Na.H2O2S.7H2O/c17-13-9-3-1-7(15(19)20)5-11(9)14(18)12-6-8(16(21)22)2-4-10(12)13;15-7-1-3-9-11(5-7)14(18)12-6-8(16)2-4-10(12)13(9)17;;;1-3-2;;;;;;;/h1-6H;1-6H,15-16H2;;;1-2H;7*1H2.